The molecule has 8 heteroatoms. The number of carbonyl (C=O) groups is 1. The van der Waals surface area contributed by atoms with Crippen LogP contribution < -0.4 is 19.5 Å². The molecule has 1 aliphatic heterocycles. The van der Waals surface area contributed by atoms with Gasteiger partial charge in [0, 0.05) is 25.2 Å². The largest absolute Gasteiger partial charge is 0.497 e. The molecule has 0 saturated carbocycles. The number of nitrogens with one attached hydrogen (secondary N) is 1. The molecule has 0 unspecified atom stereocenters. The smallest absolute Gasteiger partial charge is 0.295 e. The van der Waals surface area contributed by atoms with Crippen LogP contribution >= 0.6 is 0 Å². The Balaban J connectivity index is 1.48. The van der Waals surface area contributed by atoms with Crippen LogP contribution in [0.4, 0.5) is 6.01 Å². The summed E-state index contributed by atoms with van der Waals surface area (Å²) >= 11 is 0. The van der Waals surface area contributed by atoms with Gasteiger partial charge in [-0.2, -0.15) is 4.98 Å². The molecule has 1 N–H and O–H groups in total. The number of nitrogens with zero attached hydrogens (tertiary/aromatic N) is 2. The Morgan fingerprint density at radius 1 is 1.14 bits per heavy atom. The molecule has 1 aromatic heterocycles. The lowest BCUT2D eigenvalue weighted by molar-refractivity contribution is 0.0784. The number of hydrogen-bond donors (Lipinski definition) is 1. The first-order valence-electron chi connectivity index (χ1n) is 9.34. The average molecular weight is 397 g/mol. The lowest BCUT2D eigenvalue weighted by atomic mass is 10.1. The summed E-state index contributed by atoms with van der Waals surface area (Å²) in [7, 11) is 4.70. The van der Waals surface area contributed by atoms with Gasteiger partial charge in [0.15, 0.2) is 5.58 Å². The number of methoxy groups -OCH3 is 3. The first kappa shape index (κ1) is 18.9. The number of fused-ring (bicyclic) bond motifs is 1. The number of amides is 1. The number of aromatic nitrogens is 1. The third kappa shape index (κ3) is 3.65. The molecule has 1 amide bonds. The van der Waals surface area contributed by atoms with Crippen LogP contribution in [0.3, 0.4) is 0 Å². The molecule has 0 spiro atoms. The minimum absolute atomic E-state index is 0.0367. The Kier molecular flexibility index (Phi) is 5.16. The molecule has 8 nitrogen and oxygen atoms in total. The van der Waals surface area contributed by atoms with E-state index < -0.39 is 0 Å². The summed E-state index contributed by atoms with van der Waals surface area (Å²) in [6.45, 7) is 1.15. The standard InChI is InChI=1S/C21H23N3O5/c1-26-14-7-8-15-18(11-14)29-21(23-15)22-13-9-10-24(12-13)20(25)19-16(27-2)5-4-6-17(19)28-3/h4-8,11,13H,9-10,12H2,1-3H3,(H,22,23)/t13-/m1/s1. The fourth-order valence-corrected chi connectivity index (χ4v) is 3.55. The Morgan fingerprint density at radius 2 is 1.90 bits per heavy atom. The van der Waals surface area contributed by atoms with Crippen molar-refractivity contribution in [2.75, 3.05) is 39.7 Å². The molecule has 0 radical (unpaired) electrons. The van der Waals surface area contributed by atoms with Crippen LogP contribution in [-0.2, 0) is 0 Å². The highest BCUT2D eigenvalue weighted by Crippen LogP contribution is 2.31. The second kappa shape index (κ2) is 7.90. The summed E-state index contributed by atoms with van der Waals surface area (Å²) in [5, 5.41) is 3.29. The predicted molar refractivity (Wildman–Crippen MR) is 108 cm³/mol. The van der Waals surface area contributed by atoms with Gasteiger partial charge in [0.05, 0.1) is 21.3 Å². The molecule has 1 saturated heterocycles. The topological polar surface area (TPSA) is 86.1 Å². The third-order valence-electron chi connectivity index (χ3n) is 5.04. The maximum absolute atomic E-state index is 13.1. The Bertz CT molecular complexity index is 1010. The number of carbonyl (C=O) groups excluding carboxylic acids is 1. The molecular formula is C21H23N3O5. The van der Waals surface area contributed by atoms with Gasteiger partial charge >= 0.3 is 0 Å². The van der Waals surface area contributed by atoms with Gasteiger partial charge in [0.25, 0.3) is 11.9 Å². The van der Waals surface area contributed by atoms with E-state index in [2.05, 4.69) is 10.3 Å². The van der Waals surface area contributed by atoms with E-state index in [1.807, 2.05) is 12.1 Å². The van der Waals surface area contributed by atoms with Gasteiger partial charge in [0.2, 0.25) is 0 Å². The van der Waals surface area contributed by atoms with Gasteiger partial charge in [-0.3, -0.25) is 4.79 Å². The van der Waals surface area contributed by atoms with E-state index in [9.17, 15) is 4.79 Å². The minimum atomic E-state index is -0.120. The number of hydrogen-bond acceptors (Lipinski definition) is 7. The fourth-order valence-electron chi connectivity index (χ4n) is 3.55. The zero-order chi connectivity index (χ0) is 20.4. The number of ether oxygens (including phenoxy) is 3. The second-order valence-electron chi connectivity index (χ2n) is 6.77. The highest BCUT2D eigenvalue weighted by atomic mass is 16.5. The summed E-state index contributed by atoms with van der Waals surface area (Å²) in [4.78, 5) is 19.3. The van der Waals surface area contributed by atoms with Crippen molar-refractivity contribution in [1.82, 2.24) is 9.88 Å². The zero-order valence-electron chi connectivity index (χ0n) is 16.6. The normalized spacial score (nSPS) is 16.1. The van der Waals surface area contributed by atoms with Gasteiger partial charge < -0.3 is 28.8 Å². The molecule has 1 atom stereocenters. The van der Waals surface area contributed by atoms with Crippen LogP contribution in [0.1, 0.15) is 16.8 Å². The van der Waals surface area contributed by atoms with Crippen LogP contribution in [0.2, 0.25) is 0 Å². The van der Waals surface area contributed by atoms with E-state index in [4.69, 9.17) is 18.6 Å². The number of anilines is 1. The quantitative estimate of drug-likeness (QED) is 0.684. The van der Waals surface area contributed by atoms with E-state index >= 15 is 0 Å². The zero-order valence-corrected chi connectivity index (χ0v) is 16.6. The Hall–Kier alpha value is -3.42. The second-order valence-corrected chi connectivity index (χ2v) is 6.77. The van der Waals surface area contributed by atoms with E-state index in [0.717, 1.165) is 11.9 Å². The summed E-state index contributed by atoms with van der Waals surface area (Å²) in [5.74, 6) is 1.59. The molecular weight excluding hydrogens is 374 g/mol. The molecule has 152 valence electrons. The highest BCUT2D eigenvalue weighted by Gasteiger charge is 2.31. The molecule has 2 heterocycles. The molecule has 2 aromatic carbocycles. The van der Waals surface area contributed by atoms with Crippen molar-refractivity contribution in [3.8, 4) is 17.2 Å². The van der Waals surface area contributed by atoms with Gasteiger partial charge in [-0.25, -0.2) is 0 Å². The number of rotatable bonds is 6. The van der Waals surface area contributed by atoms with Crippen LogP contribution in [0.25, 0.3) is 11.1 Å². The van der Waals surface area contributed by atoms with E-state index in [1.54, 1.807) is 50.5 Å². The van der Waals surface area contributed by atoms with E-state index in [0.29, 0.717) is 47.5 Å². The number of benzene rings is 2. The van der Waals surface area contributed by atoms with E-state index in [-0.39, 0.29) is 11.9 Å². The minimum Gasteiger partial charge on any atom is -0.497 e. The van der Waals surface area contributed by atoms with Crippen molar-refractivity contribution in [3.05, 3.63) is 42.0 Å². The van der Waals surface area contributed by atoms with Crippen molar-refractivity contribution >= 4 is 23.0 Å². The Morgan fingerprint density at radius 3 is 2.59 bits per heavy atom. The number of oxazole rings is 1. The van der Waals surface area contributed by atoms with Gasteiger partial charge in [0.1, 0.15) is 28.3 Å². The van der Waals surface area contributed by atoms with Crippen LogP contribution in [-0.4, -0.2) is 56.3 Å². The van der Waals surface area contributed by atoms with Crippen molar-refractivity contribution < 1.29 is 23.4 Å². The summed E-state index contributed by atoms with van der Waals surface area (Å²) in [5.41, 5.74) is 1.83. The number of likely N-dealkylation sites (tertiary alicyclic amines) is 1. The molecule has 3 aromatic rings. The maximum atomic E-state index is 13.1. The third-order valence-corrected chi connectivity index (χ3v) is 5.04. The monoisotopic (exact) mass is 397 g/mol. The van der Waals surface area contributed by atoms with Crippen molar-refractivity contribution in [2.24, 2.45) is 0 Å². The summed E-state index contributed by atoms with van der Waals surface area (Å²) < 4.78 is 21.7. The Labute approximate surface area is 168 Å². The molecule has 1 aliphatic rings. The molecule has 0 aliphatic carbocycles. The lowest BCUT2D eigenvalue weighted by Crippen LogP contribution is -2.32. The molecule has 0 bridgehead atoms. The lowest BCUT2D eigenvalue weighted by Gasteiger charge is -2.20. The van der Waals surface area contributed by atoms with Gasteiger partial charge in [-0.1, -0.05) is 6.07 Å². The predicted octanol–water partition coefficient (Wildman–Crippen LogP) is 3.18. The van der Waals surface area contributed by atoms with Gasteiger partial charge in [-0.15, -0.1) is 0 Å². The fraction of sp³-hybridized carbons (Fsp3) is 0.333. The first-order valence-corrected chi connectivity index (χ1v) is 9.34. The van der Waals surface area contributed by atoms with Crippen molar-refractivity contribution in [2.45, 2.75) is 12.5 Å². The van der Waals surface area contributed by atoms with Crippen LogP contribution in [0.15, 0.2) is 40.8 Å². The molecule has 29 heavy (non-hydrogen) atoms. The summed E-state index contributed by atoms with van der Waals surface area (Å²) in [6.07, 6.45) is 0.783. The van der Waals surface area contributed by atoms with Crippen LogP contribution in [0.5, 0.6) is 17.2 Å². The molecule has 4 rings (SSSR count). The SMILES string of the molecule is COc1ccc2nc(N[C@@H]3CCN(C(=O)c4c(OC)cccc4OC)C3)oc2c1. The van der Waals surface area contributed by atoms with Gasteiger partial charge in [-0.05, 0) is 30.7 Å². The first-order chi connectivity index (χ1) is 14.1. The van der Waals surface area contributed by atoms with Crippen molar-refractivity contribution in [1.29, 1.82) is 0 Å². The van der Waals surface area contributed by atoms with Crippen LogP contribution in [0, 0.1) is 0 Å². The summed E-state index contributed by atoms with van der Waals surface area (Å²) in [6, 6.07) is 11.3. The maximum Gasteiger partial charge on any atom is 0.295 e. The average Bonchev–Trinajstić information content (AvgIpc) is 3.38. The van der Waals surface area contributed by atoms with Crippen molar-refractivity contribution in [3.63, 3.8) is 0 Å². The molecule has 1 fully saturated rings. The highest BCUT2D eigenvalue weighted by molar-refractivity contribution is 6.00. The van der Waals surface area contributed by atoms with E-state index in [1.165, 1.54) is 0 Å².